The molecule has 0 fully saturated rings. The molecule has 31 heavy (non-hydrogen) atoms. The second-order valence-electron chi connectivity index (χ2n) is 7.64. The second-order valence-corrected chi connectivity index (χ2v) is 8.67. The van der Waals surface area contributed by atoms with Crippen molar-refractivity contribution in [3.8, 4) is 16.3 Å². The molecule has 0 bridgehead atoms. The van der Waals surface area contributed by atoms with Gasteiger partial charge in [0.15, 0.2) is 11.5 Å². The average Bonchev–Trinajstić information content (AvgIpc) is 3.31. The summed E-state index contributed by atoms with van der Waals surface area (Å²) >= 11 is 1.61. The first-order chi connectivity index (χ1) is 15.0. The Morgan fingerprint density at radius 1 is 0.935 bits per heavy atom. The summed E-state index contributed by atoms with van der Waals surface area (Å²) in [5, 5.41) is 21.5. The van der Waals surface area contributed by atoms with Crippen molar-refractivity contribution >= 4 is 44.0 Å². The summed E-state index contributed by atoms with van der Waals surface area (Å²) < 4.78 is 1.86. The first-order valence-corrected chi connectivity index (χ1v) is 10.9. The number of hydrogen-bond acceptors (Lipinski definition) is 6. The van der Waals surface area contributed by atoms with Gasteiger partial charge in [-0.2, -0.15) is 0 Å². The third kappa shape index (κ3) is 3.37. The van der Waals surface area contributed by atoms with Gasteiger partial charge >= 0.3 is 0 Å². The zero-order valence-electron chi connectivity index (χ0n) is 17.4. The van der Waals surface area contributed by atoms with E-state index >= 15 is 0 Å². The van der Waals surface area contributed by atoms with Crippen LogP contribution >= 0.6 is 11.3 Å². The van der Waals surface area contributed by atoms with Crippen LogP contribution < -0.4 is 0 Å². The highest BCUT2D eigenvalue weighted by Gasteiger charge is 2.18. The lowest BCUT2D eigenvalue weighted by Gasteiger charge is -2.10. The summed E-state index contributed by atoms with van der Waals surface area (Å²) in [5.41, 5.74) is 2.51. The van der Waals surface area contributed by atoms with Crippen molar-refractivity contribution in [3.63, 3.8) is 0 Å². The van der Waals surface area contributed by atoms with E-state index in [1.807, 2.05) is 67.8 Å². The maximum Gasteiger partial charge on any atom is 0.221 e. The smallest absolute Gasteiger partial charge is 0.221 e. The highest BCUT2D eigenvalue weighted by atomic mass is 32.1. The number of aryl methyl sites for hydroxylation is 1. The molecule has 0 atom stereocenters. The number of hydrogen-bond donors (Lipinski definition) is 1. The van der Waals surface area contributed by atoms with Crippen LogP contribution in [0.1, 0.15) is 25.7 Å². The van der Waals surface area contributed by atoms with Crippen LogP contribution in [0.2, 0.25) is 0 Å². The summed E-state index contributed by atoms with van der Waals surface area (Å²) in [6.45, 7) is 5.91. The van der Waals surface area contributed by atoms with Gasteiger partial charge in [-0.25, -0.2) is 9.97 Å². The number of rotatable bonds is 4. The number of nitrogens with zero attached hydrogens (tertiary/aromatic N) is 5. The van der Waals surface area contributed by atoms with E-state index in [-0.39, 0.29) is 11.9 Å². The van der Waals surface area contributed by atoms with Gasteiger partial charge in [-0.1, -0.05) is 48.5 Å². The Bertz CT molecular complexity index is 1430. The Kier molecular flexibility index (Phi) is 4.75. The lowest BCUT2D eigenvalue weighted by atomic mass is 10.2. The predicted molar refractivity (Wildman–Crippen MR) is 126 cm³/mol. The Balaban J connectivity index is 1.65. The lowest BCUT2D eigenvalue weighted by Crippen LogP contribution is -1.98. The summed E-state index contributed by atoms with van der Waals surface area (Å²) in [6.07, 6.45) is 0. The van der Waals surface area contributed by atoms with Crippen LogP contribution in [0, 0.1) is 6.92 Å². The number of benzene rings is 2. The SMILES string of the molecule is Cc1nc(N=Nc2c(O)n(C(C)C)c3ccccc23)c2cc(-c3ccccc3)sc2n1. The maximum absolute atomic E-state index is 10.9. The predicted octanol–water partition coefficient (Wildman–Crippen LogP) is 7.32. The number of para-hydroxylation sites is 1. The molecule has 3 heterocycles. The van der Waals surface area contributed by atoms with E-state index in [1.54, 1.807) is 11.3 Å². The monoisotopic (exact) mass is 427 g/mol. The Morgan fingerprint density at radius 2 is 1.68 bits per heavy atom. The molecule has 0 unspecified atom stereocenters. The number of fused-ring (bicyclic) bond motifs is 2. The van der Waals surface area contributed by atoms with Gasteiger partial charge in [-0.15, -0.1) is 21.6 Å². The topological polar surface area (TPSA) is 75.7 Å². The molecular weight excluding hydrogens is 406 g/mol. The third-order valence-corrected chi connectivity index (χ3v) is 6.24. The summed E-state index contributed by atoms with van der Waals surface area (Å²) in [6, 6.07) is 20.1. The molecule has 0 saturated heterocycles. The van der Waals surface area contributed by atoms with Gasteiger partial charge in [0.1, 0.15) is 10.7 Å². The minimum atomic E-state index is 0.0900. The standard InChI is InChI=1S/C24H21N5OS/c1-14(2)29-19-12-8-7-11-17(19)21(24(29)30)27-28-22-18-13-20(16-9-5-4-6-10-16)31-23(18)26-15(3)25-22/h4-14,30H,1-3H3. The molecule has 0 aliphatic heterocycles. The normalized spacial score (nSPS) is 12.0. The molecule has 5 rings (SSSR count). The molecule has 2 aromatic carbocycles. The van der Waals surface area contributed by atoms with Crippen LogP contribution in [-0.4, -0.2) is 19.6 Å². The van der Waals surface area contributed by atoms with E-state index < -0.39 is 0 Å². The molecule has 7 heteroatoms. The van der Waals surface area contributed by atoms with Gasteiger partial charge in [0, 0.05) is 16.3 Å². The van der Waals surface area contributed by atoms with Gasteiger partial charge in [-0.3, -0.25) is 0 Å². The highest BCUT2D eigenvalue weighted by Crippen LogP contribution is 2.42. The summed E-state index contributed by atoms with van der Waals surface area (Å²) in [5.74, 6) is 1.25. The first-order valence-electron chi connectivity index (χ1n) is 10.1. The van der Waals surface area contributed by atoms with Gasteiger partial charge in [0.25, 0.3) is 0 Å². The van der Waals surface area contributed by atoms with Gasteiger partial charge in [0.05, 0.1) is 10.9 Å². The van der Waals surface area contributed by atoms with Crippen LogP contribution in [0.15, 0.2) is 70.9 Å². The summed E-state index contributed by atoms with van der Waals surface area (Å²) in [7, 11) is 0. The van der Waals surface area contributed by atoms with Crippen LogP contribution in [-0.2, 0) is 0 Å². The molecule has 154 valence electrons. The van der Waals surface area contributed by atoms with Gasteiger partial charge in [-0.05, 0) is 38.5 Å². The summed E-state index contributed by atoms with van der Waals surface area (Å²) in [4.78, 5) is 11.1. The molecule has 5 aromatic rings. The van der Waals surface area contributed by atoms with E-state index in [9.17, 15) is 5.11 Å². The third-order valence-electron chi connectivity index (χ3n) is 5.16. The van der Waals surface area contributed by atoms with E-state index in [0.717, 1.165) is 31.6 Å². The van der Waals surface area contributed by atoms with Crippen molar-refractivity contribution in [1.82, 2.24) is 14.5 Å². The zero-order valence-corrected chi connectivity index (χ0v) is 18.3. The molecule has 3 aromatic heterocycles. The van der Waals surface area contributed by atoms with Crippen LogP contribution in [0.4, 0.5) is 11.5 Å². The first kappa shape index (κ1) is 19.4. The highest BCUT2D eigenvalue weighted by molar-refractivity contribution is 7.21. The molecule has 0 spiro atoms. The Labute approximate surface area is 183 Å². The van der Waals surface area contributed by atoms with Gasteiger partial charge in [0.2, 0.25) is 5.88 Å². The fourth-order valence-corrected chi connectivity index (χ4v) is 4.86. The minimum absolute atomic E-state index is 0.0900. The Morgan fingerprint density at radius 3 is 2.45 bits per heavy atom. The molecular formula is C24H21N5OS. The fraction of sp³-hybridized carbons (Fsp3) is 0.167. The number of aromatic nitrogens is 3. The van der Waals surface area contributed by atoms with Crippen LogP contribution in [0.3, 0.4) is 0 Å². The van der Waals surface area contributed by atoms with Gasteiger partial charge < -0.3 is 9.67 Å². The van der Waals surface area contributed by atoms with Crippen molar-refractivity contribution in [2.45, 2.75) is 26.8 Å². The zero-order chi connectivity index (χ0) is 21.5. The van der Waals surface area contributed by atoms with Crippen molar-refractivity contribution < 1.29 is 5.11 Å². The van der Waals surface area contributed by atoms with Crippen molar-refractivity contribution in [2.75, 3.05) is 0 Å². The minimum Gasteiger partial charge on any atom is -0.493 e. The van der Waals surface area contributed by atoms with Crippen molar-refractivity contribution in [2.24, 2.45) is 10.2 Å². The van der Waals surface area contributed by atoms with Crippen molar-refractivity contribution in [1.29, 1.82) is 0 Å². The van der Waals surface area contributed by atoms with E-state index in [1.165, 1.54) is 0 Å². The van der Waals surface area contributed by atoms with Crippen LogP contribution in [0.25, 0.3) is 31.6 Å². The fourth-order valence-electron chi connectivity index (χ4n) is 3.78. The van der Waals surface area contributed by atoms with E-state index in [4.69, 9.17) is 0 Å². The molecule has 0 aliphatic carbocycles. The van der Waals surface area contributed by atoms with Crippen molar-refractivity contribution in [3.05, 3.63) is 66.5 Å². The van der Waals surface area contributed by atoms with E-state index in [0.29, 0.717) is 17.3 Å². The number of azo groups is 1. The lowest BCUT2D eigenvalue weighted by molar-refractivity contribution is 0.407. The molecule has 1 N–H and O–H groups in total. The molecule has 0 saturated carbocycles. The quantitative estimate of drug-likeness (QED) is 0.305. The second kappa shape index (κ2) is 7.59. The van der Waals surface area contributed by atoms with E-state index in [2.05, 4.69) is 38.4 Å². The molecule has 0 aliphatic rings. The van der Waals surface area contributed by atoms with Crippen LogP contribution in [0.5, 0.6) is 5.88 Å². The number of aromatic hydroxyl groups is 1. The average molecular weight is 428 g/mol. The molecule has 6 nitrogen and oxygen atoms in total. The Hall–Kier alpha value is -3.58. The molecule has 0 amide bonds. The number of thiophene rings is 1. The largest absolute Gasteiger partial charge is 0.493 e. The maximum atomic E-state index is 10.9. The molecule has 0 radical (unpaired) electrons.